The van der Waals surface area contributed by atoms with Gasteiger partial charge in [0.25, 0.3) is 0 Å². The molecular weight excluding hydrogens is 320 g/mol. The van der Waals surface area contributed by atoms with Crippen LogP contribution >= 0.6 is 11.6 Å². The first-order valence-corrected chi connectivity index (χ1v) is 8.22. The number of nitrogens with one attached hydrogen (secondary N) is 1. The van der Waals surface area contributed by atoms with Crippen LogP contribution in [-0.4, -0.2) is 14.7 Å². The Morgan fingerprint density at radius 3 is 2.57 bits per heavy atom. The molecule has 21 heavy (non-hydrogen) atoms. The summed E-state index contributed by atoms with van der Waals surface area (Å²) < 4.78 is 50.3. The molecule has 2 aromatic rings. The largest absolute Gasteiger partial charge is 0.378 e. The van der Waals surface area contributed by atoms with Crippen molar-refractivity contribution in [2.75, 3.05) is 11.6 Å². The molecule has 0 aliphatic heterocycles. The van der Waals surface area contributed by atoms with E-state index >= 15 is 0 Å². The predicted molar refractivity (Wildman–Crippen MR) is 78.2 cm³/mol. The molecule has 3 nitrogen and oxygen atoms in total. The highest BCUT2D eigenvalue weighted by Crippen LogP contribution is 2.22. The van der Waals surface area contributed by atoms with Crippen molar-refractivity contribution in [1.29, 1.82) is 0 Å². The molecule has 0 bridgehead atoms. The summed E-state index contributed by atoms with van der Waals surface area (Å²) in [6.07, 6.45) is 1.03. The van der Waals surface area contributed by atoms with Crippen molar-refractivity contribution in [1.82, 2.24) is 0 Å². The summed E-state index contributed by atoms with van der Waals surface area (Å²) >= 11 is 5.66. The maximum absolute atomic E-state index is 13.7. The second kappa shape index (κ2) is 5.99. The van der Waals surface area contributed by atoms with Crippen molar-refractivity contribution in [2.45, 2.75) is 11.4 Å². The third kappa shape index (κ3) is 3.71. The van der Waals surface area contributed by atoms with Crippen LogP contribution in [0.15, 0.2) is 41.3 Å². The lowest BCUT2D eigenvalue weighted by Gasteiger charge is -2.10. The number of benzene rings is 2. The van der Waals surface area contributed by atoms with E-state index in [0.717, 1.165) is 12.3 Å². The van der Waals surface area contributed by atoms with Gasteiger partial charge in [-0.05, 0) is 24.3 Å². The van der Waals surface area contributed by atoms with E-state index in [-0.39, 0.29) is 27.7 Å². The van der Waals surface area contributed by atoms with E-state index in [1.165, 1.54) is 24.3 Å². The quantitative estimate of drug-likeness (QED) is 0.870. The van der Waals surface area contributed by atoms with Crippen LogP contribution in [0.2, 0.25) is 5.02 Å². The highest BCUT2D eigenvalue weighted by Gasteiger charge is 2.12. The number of hydrogen-bond donors (Lipinski definition) is 1. The van der Waals surface area contributed by atoms with Crippen LogP contribution < -0.4 is 5.32 Å². The number of halogens is 3. The lowest BCUT2D eigenvalue weighted by atomic mass is 10.2. The maximum Gasteiger partial charge on any atom is 0.175 e. The van der Waals surface area contributed by atoms with E-state index in [1.54, 1.807) is 6.07 Å². The zero-order chi connectivity index (χ0) is 15.6. The fourth-order valence-electron chi connectivity index (χ4n) is 1.75. The Kier molecular flexibility index (Phi) is 4.49. The van der Waals surface area contributed by atoms with E-state index < -0.39 is 21.5 Å². The molecule has 0 radical (unpaired) electrons. The van der Waals surface area contributed by atoms with Crippen LogP contribution in [0.5, 0.6) is 0 Å². The monoisotopic (exact) mass is 331 g/mol. The topological polar surface area (TPSA) is 46.2 Å². The molecule has 0 unspecified atom stereocenters. The number of sulfone groups is 1. The first kappa shape index (κ1) is 15.7. The van der Waals surface area contributed by atoms with Crippen LogP contribution in [0.25, 0.3) is 0 Å². The Morgan fingerprint density at radius 2 is 1.90 bits per heavy atom. The summed E-state index contributed by atoms with van der Waals surface area (Å²) in [5.41, 5.74) is 0.240. The van der Waals surface area contributed by atoms with Gasteiger partial charge < -0.3 is 5.32 Å². The Morgan fingerprint density at radius 1 is 1.19 bits per heavy atom. The summed E-state index contributed by atoms with van der Waals surface area (Å²) in [6.45, 7) is -0.0173. The van der Waals surface area contributed by atoms with E-state index in [9.17, 15) is 17.2 Å². The molecule has 2 rings (SSSR count). The molecule has 0 aliphatic carbocycles. The molecule has 0 atom stereocenters. The van der Waals surface area contributed by atoms with Crippen LogP contribution in [0.4, 0.5) is 14.5 Å². The summed E-state index contributed by atoms with van der Waals surface area (Å²) in [7, 11) is -3.44. The van der Waals surface area contributed by atoms with Crippen molar-refractivity contribution < 1.29 is 17.2 Å². The smallest absolute Gasteiger partial charge is 0.175 e. The second-order valence-electron chi connectivity index (χ2n) is 4.48. The van der Waals surface area contributed by atoms with Gasteiger partial charge in [0.2, 0.25) is 0 Å². The van der Waals surface area contributed by atoms with Gasteiger partial charge >= 0.3 is 0 Å². The zero-order valence-corrected chi connectivity index (χ0v) is 12.6. The average Bonchev–Trinajstić information content (AvgIpc) is 2.40. The van der Waals surface area contributed by atoms with Crippen molar-refractivity contribution >= 4 is 27.1 Å². The molecular formula is C14H12ClF2NO2S. The summed E-state index contributed by atoms with van der Waals surface area (Å²) in [6, 6.07) is 7.89. The van der Waals surface area contributed by atoms with Gasteiger partial charge in [0.1, 0.15) is 11.6 Å². The minimum absolute atomic E-state index is 0.0158. The first-order chi connectivity index (χ1) is 9.79. The van der Waals surface area contributed by atoms with Gasteiger partial charge in [0, 0.05) is 18.4 Å². The molecule has 0 saturated carbocycles. The SMILES string of the molecule is CS(=O)(=O)c1ccc(F)c(NCc2cccc(Cl)c2F)c1. The third-order valence-electron chi connectivity index (χ3n) is 2.87. The zero-order valence-electron chi connectivity index (χ0n) is 11.0. The van der Waals surface area contributed by atoms with Gasteiger partial charge in [0.05, 0.1) is 15.6 Å². The van der Waals surface area contributed by atoms with E-state index in [2.05, 4.69) is 5.32 Å². The molecule has 0 saturated heterocycles. The molecule has 0 heterocycles. The number of hydrogen-bond acceptors (Lipinski definition) is 3. The molecule has 1 N–H and O–H groups in total. The van der Waals surface area contributed by atoms with Gasteiger partial charge in [-0.2, -0.15) is 0 Å². The Bertz CT molecular complexity index is 779. The van der Waals surface area contributed by atoms with Gasteiger partial charge in [-0.3, -0.25) is 0 Å². The minimum atomic E-state index is -3.44. The fourth-order valence-corrected chi connectivity index (χ4v) is 2.59. The van der Waals surface area contributed by atoms with Gasteiger partial charge in [-0.15, -0.1) is 0 Å². The highest BCUT2D eigenvalue weighted by molar-refractivity contribution is 7.90. The summed E-state index contributed by atoms with van der Waals surface area (Å²) in [5, 5.41) is 2.64. The number of rotatable bonds is 4. The van der Waals surface area contributed by atoms with E-state index in [4.69, 9.17) is 11.6 Å². The molecule has 0 amide bonds. The van der Waals surface area contributed by atoms with Crippen LogP contribution in [0, 0.1) is 11.6 Å². The van der Waals surface area contributed by atoms with Gasteiger partial charge in [-0.1, -0.05) is 23.7 Å². The summed E-state index contributed by atoms with van der Waals surface area (Å²) in [4.78, 5) is -0.0158. The molecule has 0 fully saturated rings. The molecule has 0 spiro atoms. The van der Waals surface area contributed by atoms with E-state index in [1.807, 2.05) is 0 Å². The van der Waals surface area contributed by atoms with Crippen LogP contribution in [0.3, 0.4) is 0 Å². The molecule has 112 valence electrons. The van der Waals surface area contributed by atoms with Crippen molar-refractivity contribution in [3.63, 3.8) is 0 Å². The lowest BCUT2D eigenvalue weighted by molar-refractivity contribution is 0.600. The second-order valence-corrected chi connectivity index (χ2v) is 6.90. The van der Waals surface area contributed by atoms with Crippen LogP contribution in [-0.2, 0) is 16.4 Å². The molecule has 2 aromatic carbocycles. The fraction of sp³-hybridized carbons (Fsp3) is 0.143. The van der Waals surface area contributed by atoms with Gasteiger partial charge in [0.15, 0.2) is 9.84 Å². The highest BCUT2D eigenvalue weighted by atomic mass is 35.5. The Labute approximate surface area is 126 Å². The lowest BCUT2D eigenvalue weighted by Crippen LogP contribution is -2.05. The standard InChI is InChI=1S/C14H12ClF2NO2S/c1-21(19,20)10-5-6-12(16)13(7-10)18-8-9-3-2-4-11(15)14(9)17/h2-7,18H,8H2,1H3. The molecule has 0 aromatic heterocycles. The van der Waals surface area contributed by atoms with Crippen molar-refractivity contribution in [3.05, 3.63) is 58.6 Å². The maximum atomic E-state index is 13.7. The number of anilines is 1. The van der Waals surface area contributed by atoms with Crippen LogP contribution in [0.1, 0.15) is 5.56 Å². The third-order valence-corrected chi connectivity index (χ3v) is 4.27. The first-order valence-electron chi connectivity index (χ1n) is 5.95. The van der Waals surface area contributed by atoms with Gasteiger partial charge in [-0.25, -0.2) is 17.2 Å². The normalized spacial score (nSPS) is 11.4. The summed E-state index contributed by atoms with van der Waals surface area (Å²) in [5.74, 6) is -1.21. The van der Waals surface area contributed by atoms with Crippen molar-refractivity contribution in [2.24, 2.45) is 0 Å². The Balaban J connectivity index is 2.26. The van der Waals surface area contributed by atoms with Crippen molar-refractivity contribution in [3.8, 4) is 0 Å². The molecule has 7 heteroatoms. The average molecular weight is 332 g/mol. The van der Waals surface area contributed by atoms with E-state index in [0.29, 0.717) is 0 Å². The minimum Gasteiger partial charge on any atom is -0.378 e. The molecule has 0 aliphatic rings. The predicted octanol–water partition coefficient (Wildman–Crippen LogP) is 3.63. The Hall–Kier alpha value is -1.66.